The van der Waals surface area contributed by atoms with E-state index in [-0.39, 0.29) is 0 Å². The van der Waals surface area contributed by atoms with Crippen LogP contribution in [0.2, 0.25) is 0 Å². The molecule has 90 valence electrons. The second kappa shape index (κ2) is 5.20. The molecule has 0 aliphatic heterocycles. The Kier molecular flexibility index (Phi) is 3.44. The van der Waals surface area contributed by atoms with E-state index in [1.807, 2.05) is 25.1 Å². The first kappa shape index (κ1) is 11.3. The second-order valence-corrected chi connectivity index (χ2v) is 3.44. The lowest BCUT2D eigenvalue weighted by Gasteiger charge is -2.12. The van der Waals surface area contributed by atoms with Gasteiger partial charge in [-0.1, -0.05) is 6.07 Å². The minimum absolute atomic E-state index is 0.541. The van der Waals surface area contributed by atoms with E-state index in [4.69, 9.17) is 10.5 Å². The van der Waals surface area contributed by atoms with Crippen molar-refractivity contribution in [1.29, 1.82) is 0 Å². The molecule has 0 atom stereocenters. The fourth-order valence-electron chi connectivity index (χ4n) is 1.47. The van der Waals surface area contributed by atoms with Crippen LogP contribution in [0.1, 0.15) is 12.7 Å². The third kappa shape index (κ3) is 2.66. The van der Waals surface area contributed by atoms with Gasteiger partial charge in [0.25, 0.3) is 0 Å². The molecule has 0 radical (unpaired) electrons. The lowest BCUT2D eigenvalue weighted by atomic mass is 10.2. The van der Waals surface area contributed by atoms with Crippen LogP contribution in [0.25, 0.3) is 0 Å². The van der Waals surface area contributed by atoms with Crippen LogP contribution in [0, 0.1) is 0 Å². The smallest absolute Gasteiger partial charge is 0.144 e. The van der Waals surface area contributed by atoms with E-state index in [9.17, 15) is 0 Å². The number of hydrogen-bond donors (Lipinski definition) is 3. The Bertz CT molecular complexity index is 469. The van der Waals surface area contributed by atoms with Gasteiger partial charge in [0.2, 0.25) is 0 Å². The first-order valence-corrected chi connectivity index (χ1v) is 5.40. The molecule has 0 aliphatic rings. The fraction of sp³-hybridized carbons (Fsp3) is 0.273. The third-order valence-corrected chi connectivity index (χ3v) is 2.28. The number of nitrogens with two attached hydrogens (primary N) is 1. The van der Waals surface area contributed by atoms with Gasteiger partial charge in [0, 0.05) is 0 Å². The molecular formula is C11H15N5O. The number of rotatable bonds is 5. The highest BCUT2D eigenvalue weighted by Gasteiger charge is 2.05. The van der Waals surface area contributed by atoms with Gasteiger partial charge in [-0.25, -0.2) is 4.98 Å². The van der Waals surface area contributed by atoms with E-state index in [1.165, 1.54) is 6.33 Å². The van der Waals surface area contributed by atoms with Gasteiger partial charge in [0.1, 0.15) is 17.9 Å². The van der Waals surface area contributed by atoms with Crippen LogP contribution in [-0.4, -0.2) is 21.8 Å². The third-order valence-electron chi connectivity index (χ3n) is 2.28. The Balaban J connectivity index is 2.07. The van der Waals surface area contributed by atoms with Gasteiger partial charge in [-0.3, -0.25) is 5.10 Å². The summed E-state index contributed by atoms with van der Waals surface area (Å²) < 4.78 is 5.41. The molecule has 4 N–H and O–H groups in total. The van der Waals surface area contributed by atoms with Crippen LogP contribution in [0.15, 0.2) is 24.5 Å². The molecule has 0 saturated heterocycles. The molecule has 1 heterocycles. The molecule has 0 unspecified atom stereocenters. The minimum atomic E-state index is 0.541. The molecule has 2 rings (SSSR count). The van der Waals surface area contributed by atoms with Crippen LogP contribution in [0.3, 0.4) is 0 Å². The Morgan fingerprint density at radius 1 is 1.47 bits per heavy atom. The van der Waals surface area contributed by atoms with E-state index >= 15 is 0 Å². The first-order chi connectivity index (χ1) is 8.31. The number of benzene rings is 1. The lowest BCUT2D eigenvalue weighted by molar-refractivity contribution is 0.342. The molecular weight excluding hydrogens is 218 g/mol. The van der Waals surface area contributed by atoms with Crippen molar-refractivity contribution in [3.8, 4) is 5.75 Å². The number of anilines is 2. The number of para-hydroxylation sites is 1. The fourth-order valence-corrected chi connectivity index (χ4v) is 1.47. The molecule has 0 aliphatic carbocycles. The summed E-state index contributed by atoms with van der Waals surface area (Å²) in [4.78, 5) is 4.02. The number of ether oxygens (including phenoxy) is 1. The predicted molar refractivity (Wildman–Crippen MR) is 65.7 cm³/mol. The van der Waals surface area contributed by atoms with Crippen molar-refractivity contribution in [2.45, 2.75) is 13.5 Å². The van der Waals surface area contributed by atoms with Gasteiger partial charge in [-0.05, 0) is 19.1 Å². The summed E-state index contributed by atoms with van der Waals surface area (Å²) in [6.45, 7) is 3.06. The number of aromatic nitrogens is 3. The molecule has 6 nitrogen and oxygen atoms in total. The normalized spacial score (nSPS) is 10.2. The minimum Gasteiger partial charge on any atom is -0.492 e. The average Bonchev–Trinajstić information content (AvgIpc) is 2.83. The molecule has 0 bridgehead atoms. The number of nitrogens with zero attached hydrogens (tertiary/aromatic N) is 2. The summed E-state index contributed by atoms with van der Waals surface area (Å²) in [7, 11) is 0. The zero-order chi connectivity index (χ0) is 12.1. The largest absolute Gasteiger partial charge is 0.492 e. The standard InChI is InChI=1S/C11H15N5O/c1-2-17-9-5-3-4-8(11(9)12)13-6-10-14-7-15-16-10/h3-5,7,13H,2,6,12H2,1H3,(H,14,15,16). The van der Waals surface area contributed by atoms with E-state index in [2.05, 4.69) is 20.5 Å². The highest BCUT2D eigenvalue weighted by Crippen LogP contribution is 2.29. The van der Waals surface area contributed by atoms with Gasteiger partial charge in [-0.15, -0.1) is 0 Å². The molecule has 2 aromatic rings. The lowest BCUT2D eigenvalue weighted by Crippen LogP contribution is -2.05. The molecule has 0 fully saturated rings. The van der Waals surface area contributed by atoms with E-state index < -0.39 is 0 Å². The maximum Gasteiger partial charge on any atom is 0.144 e. The van der Waals surface area contributed by atoms with Crippen molar-refractivity contribution in [2.24, 2.45) is 0 Å². The molecule has 6 heteroatoms. The summed E-state index contributed by atoms with van der Waals surface area (Å²) in [5.74, 6) is 1.45. The Morgan fingerprint density at radius 3 is 3.06 bits per heavy atom. The van der Waals surface area contributed by atoms with Gasteiger partial charge in [0.15, 0.2) is 0 Å². The summed E-state index contributed by atoms with van der Waals surface area (Å²) in [6.07, 6.45) is 1.47. The van der Waals surface area contributed by atoms with E-state index in [0.717, 1.165) is 11.5 Å². The number of nitrogens with one attached hydrogen (secondary N) is 2. The molecule has 1 aromatic carbocycles. The van der Waals surface area contributed by atoms with Crippen LogP contribution in [-0.2, 0) is 6.54 Å². The molecule has 1 aromatic heterocycles. The van der Waals surface area contributed by atoms with Crippen molar-refractivity contribution >= 4 is 11.4 Å². The van der Waals surface area contributed by atoms with Crippen molar-refractivity contribution in [1.82, 2.24) is 15.2 Å². The number of nitrogen functional groups attached to an aromatic ring is 1. The maximum absolute atomic E-state index is 5.98. The zero-order valence-corrected chi connectivity index (χ0v) is 9.60. The second-order valence-electron chi connectivity index (χ2n) is 3.44. The maximum atomic E-state index is 5.98. The quantitative estimate of drug-likeness (QED) is 0.679. The summed E-state index contributed by atoms with van der Waals surface area (Å²) in [5.41, 5.74) is 7.41. The number of aromatic amines is 1. The molecule has 0 saturated carbocycles. The highest BCUT2D eigenvalue weighted by molar-refractivity contribution is 5.72. The number of H-pyrrole nitrogens is 1. The zero-order valence-electron chi connectivity index (χ0n) is 9.60. The summed E-state index contributed by atoms with van der Waals surface area (Å²) >= 11 is 0. The average molecular weight is 233 g/mol. The SMILES string of the molecule is CCOc1cccc(NCc2ncn[nH]2)c1N. The van der Waals surface area contributed by atoms with Crippen molar-refractivity contribution in [2.75, 3.05) is 17.7 Å². The van der Waals surface area contributed by atoms with Crippen LogP contribution < -0.4 is 15.8 Å². The highest BCUT2D eigenvalue weighted by atomic mass is 16.5. The summed E-state index contributed by atoms with van der Waals surface area (Å²) in [6, 6.07) is 5.64. The van der Waals surface area contributed by atoms with E-state index in [0.29, 0.717) is 24.6 Å². The van der Waals surface area contributed by atoms with Gasteiger partial charge >= 0.3 is 0 Å². The Morgan fingerprint density at radius 2 is 2.35 bits per heavy atom. The van der Waals surface area contributed by atoms with Gasteiger partial charge in [0.05, 0.1) is 24.5 Å². The van der Waals surface area contributed by atoms with Crippen molar-refractivity contribution < 1.29 is 4.74 Å². The molecule has 0 amide bonds. The monoisotopic (exact) mass is 233 g/mol. The van der Waals surface area contributed by atoms with Gasteiger partial charge < -0.3 is 15.8 Å². The van der Waals surface area contributed by atoms with Gasteiger partial charge in [-0.2, -0.15) is 5.10 Å². The topological polar surface area (TPSA) is 88.8 Å². The Labute approximate surface area is 99.2 Å². The Hall–Kier alpha value is -2.24. The van der Waals surface area contributed by atoms with Crippen LogP contribution in [0.5, 0.6) is 5.75 Å². The first-order valence-electron chi connectivity index (χ1n) is 5.40. The van der Waals surface area contributed by atoms with Crippen molar-refractivity contribution in [3.05, 3.63) is 30.4 Å². The molecule has 17 heavy (non-hydrogen) atoms. The molecule has 0 spiro atoms. The number of hydrogen-bond acceptors (Lipinski definition) is 5. The van der Waals surface area contributed by atoms with Crippen LogP contribution >= 0.6 is 0 Å². The van der Waals surface area contributed by atoms with E-state index in [1.54, 1.807) is 0 Å². The van der Waals surface area contributed by atoms with Crippen molar-refractivity contribution in [3.63, 3.8) is 0 Å². The predicted octanol–water partition coefficient (Wildman–Crippen LogP) is 1.40. The summed E-state index contributed by atoms with van der Waals surface area (Å²) in [5, 5.41) is 9.72. The van der Waals surface area contributed by atoms with Crippen LogP contribution in [0.4, 0.5) is 11.4 Å².